The third kappa shape index (κ3) is 1.90. The Bertz CT molecular complexity index is 721. The number of hydrogen-bond acceptors (Lipinski definition) is 3. The van der Waals surface area contributed by atoms with Gasteiger partial charge in [0.25, 0.3) is 0 Å². The molecule has 2 aromatic rings. The van der Waals surface area contributed by atoms with Crippen LogP contribution in [0.15, 0.2) is 42.5 Å². The Morgan fingerprint density at radius 3 is 2.40 bits per heavy atom. The van der Waals surface area contributed by atoms with Crippen LogP contribution < -0.4 is 5.73 Å². The first kappa shape index (κ1) is 12.6. The van der Waals surface area contributed by atoms with Crippen molar-refractivity contribution in [3.05, 3.63) is 59.2 Å². The second kappa shape index (κ2) is 4.58. The van der Waals surface area contributed by atoms with Gasteiger partial charge in [-0.05, 0) is 29.2 Å². The highest BCUT2D eigenvalue weighted by Crippen LogP contribution is 2.36. The summed E-state index contributed by atoms with van der Waals surface area (Å²) in [4.78, 5) is 23.1. The minimum Gasteiger partial charge on any atom is -0.480 e. The lowest BCUT2D eigenvalue weighted by molar-refractivity contribution is -0.138. The highest BCUT2D eigenvalue weighted by atomic mass is 16.4. The van der Waals surface area contributed by atoms with Gasteiger partial charge in [0.05, 0.1) is 0 Å². The van der Waals surface area contributed by atoms with E-state index in [4.69, 9.17) is 10.8 Å². The number of ketones is 1. The highest BCUT2D eigenvalue weighted by molar-refractivity contribution is 6.21. The van der Waals surface area contributed by atoms with E-state index in [2.05, 4.69) is 0 Å². The topological polar surface area (TPSA) is 80.4 Å². The lowest BCUT2D eigenvalue weighted by atomic mass is 9.99. The summed E-state index contributed by atoms with van der Waals surface area (Å²) in [5, 5.41) is 8.84. The number of carboxylic acid groups (broad SMARTS) is 1. The number of aliphatic carboxylic acids is 1. The van der Waals surface area contributed by atoms with E-state index in [1.54, 1.807) is 12.1 Å². The number of hydrogen-bond donors (Lipinski definition) is 2. The first-order chi connectivity index (χ1) is 9.58. The smallest absolute Gasteiger partial charge is 0.320 e. The van der Waals surface area contributed by atoms with E-state index in [1.807, 2.05) is 30.3 Å². The van der Waals surface area contributed by atoms with E-state index in [0.29, 0.717) is 11.1 Å². The summed E-state index contributed by atoms with van der Waals surface area (Å²) in [6.07, 6.45) is 0.215. The van der Waals surface area contributed by atoms with Crippen molar-refractivity contribution in [2.24, 2.45) is 5.73 Å². The lowest BCUT2D eigenvalue weighted by Crippen LogP contribution is -2.32. The molecule has 0 aromatic heterocycles. The molecule has 0 radical (unpaired) electrons. The van der Waals surface area contributed by atoms with Crippen molar-refractivity contribution < 1.29 is 14.7 Å². The van der Waals surface area contributed by atoms with Crippen LogP contribution in [0.1, 0.15) is 21.5 Å². The van der Waals surface area contributed by atoms with Crippen molar-refractivity contribution in [2.75, 3.05) is 0 Å². The standard InChI is InChI=1S/C16H13NO3/c17-14(16(19)20)8-9-5-6-11-10-3-1-2-4-12(10)15(18)13(11)7-9/h1-7,14H,8,17H2,(H,19,20). The van der Waals surface area contributed by atoms with Gasteiger partial charge in [-0.15, -0.1) is 0 Å². The van der Waals surface area contributed by atoms with Crippen LogP contribution >= 0.6 is 0 Å². The molecular weight excluding hydrogens is 254 g/mol. The molecule has 0 saturated heterocycles. The minimum atomic E-state index is -1.04. The van der Waals surface area contributed by atoms with Crippen LogP contribution in [0, 0.1) is 0 Å². The van der Waals surface area contributed by atoms with Crippen molar-refractivity contribution in [3.63, 3.8) is 0 Å². The fourth-order valence-electron chi connectivity index (χ4n) is 2.54. The second-order valence-electron chi connectivity index (χ2n) is 4.90. The number of carbonyl (C=O) groups is 2. The monoisotopic (exact) mass is 267 g/mol. The largest absolute Gasteiger partial charge is 0.480 e. The van der Waals surface area contributed by atoms with Crippen molar-refractivity contribution in [3.8, 4) is 11.1 Å². The Balaban J connectivity index is 2.00. The van der Waals surface area contributed by atoms with Crippen molar-refractivity contribution in [1.29, 1.82) is 0 Å². The zero-order valence-electron chi connectivity index (χ0n) is 10.7. The molecule has 1 aliphatic rings. The molecule has 20 heavy (non-hydrogen) atoms. The Labute approximate surface area is 115 Å². The molecule has 1 atom stereocenters. The van der Waals surface area contributed by atoms with E-state index < -0.39 is 12.0 Å². The van der Waals surface area contributed by atoms with Crippen LogP contribution in [-0.2, 0) is 11.2 Å². The quantitative estimate of drug-likeness (QED) is 0.759. The maximum atomic E-state index is 12.3. The maximum Gasteiger partial charge on any atom is 0.320 e. The highest BCUT2D eigenvalue weighted by Gasteiger charge is 2.26. The van der Waals surface area contributed by atoms with E-state index in [0.717, 1.165) is 16.7 Å². The van der Waals surface area contributed by atoms with Crippen molar-refractivity contribution in [1.82, 2.24) is 0 Å². The molecule has 0 spiro atoms. The second-order valence-corrected chi connectivity index (χ2v) is 4.90. The van der Waals surface area contributed by atoms with Crippen LogP contribution in [0.4, 0.5) is 0 Å². The zero-order valence-corrected chi connectivity index (χ0v) is 10.7. The molecular formula is C16H13NO3. The minimum absolute atomic E-state index is 0.0126. The van der Waals surface area contributed by atoms with Crippen LogP contribution in [0.2, 0.25) is 0 Å². The van der Waals surface area contributed by atoms with Crippen LogP contribution in [0.5, 0.6) is 0 Å². The molecule has 3 N–H and O–H groups in total. The Morgan fingerprint density at radius 1 is 1.05 bits per heavy atom. The third-order valence-electron chi connectivity index (χ3n) is 3.56. The molecule has 0 heterocycles. The molecule has 0 aliphatic heterocycles. The summed E-state index contributed by atoms with van der Waals surface area (Å²) in [6.45, 7) is 0. The average molecular weight is 267 g/mol. The number of carboxylic acids is 1. The average Bonchev–Trinajstić information content (AvgIpc) is 2.73. The van der Waals surface area contributed by atoms with Gasteiger partial charge in [-0.2, -0.15) is 0 Å². The number of nitrogens with two attached hydrogens (primary N) is 1. The summed E-state index contributed by atoms with van der Waals surface area (Å²) < 4.78 is 0. The molecule has 0 amide bonds. The van der Waals surface area contributed by atoms with Gasteiger partial charge in [-0.1, -0.05) is 36.4 Å². The van der Waals surface area contributed by atoms with Crippen LogP contribution in [0.3, 0.4) is 0 Å². The molecule has 1 aliphatic carbocycles. The van der Waals surface area contributed by atoms with E-state index in [-0.39, 0.29) is 12.2 Å². The fraction of sp³-hybridized carbons (Fsp3) is 0.125. The molecule has 3 rings (SSSR count). The van der Waals surface area contributed by atoms with Gasteiger partial charge in [0.1, 0.15) is 6.04 Å². The normalized spacial score (nSPS) is 13.8. The lowest BCUT2D eigenvalue weighted by Gasteiger charge is -2.08. The van der Waals surface area contributed by atoms with Gasteiger partial charge in [-0.3, -0.25) is 9.59 Å². The molecule has 100 valence electrons. The predicted molar refractivity (Wildman–Crippen MR) is 74.6 cm³/mol. The van der Waals surface area contributed by atoms with E-state index >= 15 is 0 Å². The molecule has 4 heteroatoms. The van der Waals surface area contributed by atoms with Gasteiger partial charge in [0.2, 0.25) is 0 Å². The Hall–Kier alpha value is -2.46. The van der Waals surface area contributed by atoms with Gasteiger partial charge in [0.15, 0.2) is 5.78 Å². The summed E-state index contributed by atoms with van der Waals surface area (Å²) in [7, 11) is 0. The molecule has 0 bridgehead atoms. The Morgan fingerprint density at radius 2 is 1.70 bits per heavy atom. The molecule has 2 aromatic carbocycles. The Kier molecular flexibility index (Phi) is 2.88. The summed E-state index contributed by atoms with van der Waals surface area (Å²) >= 11 is 0. The number of carbonyl (C=O) groups excluding carboxylic acids is 1. The van der Waals surface area contributed by atoms with E-state index in [1.165, 1.54) is 0 Å². The summed E-state index contributed by atoms with van der Waals surface area (Å²) in [5.41, 5.74) is 9.45. The first-order valence-electron chi connectivity index (χ1n) is 6.33. The molecule has 0 fully saturated rings. The zero-order chi connectivity index (χ0) is 14.3. The molecule has 1 unspecified atom stereocenters. The van der Waals surface area contributed by atoms with Crippen molar-refractivity contribution in [2.45, 2.75) is 12.5 Å². The predicted octanol–water partition coefficient (Wildman–Crippen LogP) is 1.85. The van der Waals surface area contributed by atoms with Crippen LogP contribution in [-0.4, -0.2) is 22.9 Å². The summed E-state index contributed by atoms with van der Waals surface area (Å²) in [6, 6.07) is 12.0. The number of fused-ring (bicyclic) bond motifs is 3. The van der Waals surface area contributed by atoms with E-state index in [9.17, 15) is 9.59 Å². The van der Waals surface area contributed by atoms with Gasteiger partial charge >= 0.3 is 5.97 Å². The van der Waals surface area contributed by atoms with Gasteiger partial charge < -0.3 is 10.8 Å². The molecule has 0 saturated carbocycles. The van der Waals surface area contributed by atoms with Gasteiger partial charge in [-0.25, -0.2) is 0 Å². The summed E-state index contributed by atoms with van der Waals surface area (Å²) in [5.74, 6) is -1.05. The number of rotatable bonds is 3. The van der Waals surface area contributed by atoms with Gasteiger partial charge in [0, 0.05) is 11.1 Å². The van der Waals surface area contributed by atoms with Crippen LogP contribution in [0.25, 0.3) is 11.1 Å². The third-order valence-corrected chi connectivity index (χ3v) is 3.56. The number of benzene rings is 2. The maximum absolute atomic E-state index is 12.3. The first-order valence-corrected chi connectivity index (χ1v) is 6.33. The van der Waals surface area contributed by atoms with Crippen molar-refractivity contribution >= 4 is 11.8 Å². The fourth-order valence-corrected chi connectivity index (χ4v) is 2.54. The molecule has 4 nitrogen and oxygen atoms in total. The SMILES string of the molecule is NC(Cc1ccc2c(c1)C(=O)c1ccccc1-2)C(=O)O.